The molecule has 0 spiro atoms. The summed E-state index contributed by atoms with van der Waals surface area (Å²) < 4.78 is 49.3. The van der Waals surface area contributed by atoms with Crippen molar-refractivity contribution in [2.75, 3.05) is 4.72 Å². The van der Waals surface area contributed by atoms with Crippen molar-refractivity contribution in [2.24, 2.45) is 5.14 Å². The predicted molar refractivity (Wildman–Crippen MR) is 77.6 cm³/mol. The number of hydrogen-bond acceptors (Lipinski definition) is 6. The topological polar surface area (TPSA) is 119 Å². The van der Waals surface area contributed by atoms with Gasteiger partial charge in [0.25, 0.3) is 0 Å². The van der Waals surface area contributed by atoms with Crippen LogP contribution in [0.4, 0.5) is 5.13 Å². The van der Waals surface area contributed by atoms with Gasteiger partial charge in [-0.2, -0.15) is 0 Å². The molecule has 0 radical (unpaired) electrons. The number of thiazole rings is 1. The lowest BCUT2D eigenvalue weighted by Crippen LogP contribution is -2.29. The normalized spacial score (nSPS) is 18.1. The molecule has 1 aliphatic rings. The van der Waals surface area contributed by atoms with E-state index in [0.717, 1.165) is 30.6 Å². The molecule has 1 aliphatic carbocycles. The van der Waals surface area contributed by atoms with Gasteiger partial charge in [0.05, 0.1) is 10.9 Å². The molecule has 0 aromatic carbocycles. The van der Waals surface area contributed by atoms with Gasteiger partial charge >= 0.3 is 0 Å². The van der Waals surface area contributed by atoms with Crippen molar-refractivity contribution in [2.45, 2.75) is 48.5 Å². The van der Waals surface area contributed by atoms with E-state index < -0.39 is 25.3 Å². The molecule has 1 heterocycles. The Kier molecular flexibility index (Phi) is 4.38. The molecule has 7 nitrogen and oxygen atoms in total. The van der Waals surface area contributed by atoms with Gasteiger partial charge in [0.15, 0.2) is 9.34 Å². The Morgan fingerprint density at radius 3 is 2.30 bits per heavy atom. The lowest BCUT2D eigenvalue weighted by Gasteiger charge is -2.21. The third-order valence-corrected chi connectivity index (χ3v) is 7.82. The van der Waals surface area contributed by atoms with Gasteiger partial charge in [0.1, 0.15) is 0 Å². The summed E-state index contributed by atoms with van der Waals surface area (Å²) in [5, 5.41) is 4.66. The Balaban J connectivity index is 2.22. The van der Waals surface area contributed by atoms with E-state index in [9.17, 15) is 16.8 Å². The number of rotatable bonds is 4. The van der Waals surface area contributed by atoms with Crippen LogP contribution >= 0.6 is 11.3 Å². The van der Waals surface area contributed by atoms with Crippen LogP contribution in [0.5, 0.6) is 0 Å². The Bertz CT molecular complexity index is 687. The molecule has 0 atom stereocenters. The first-order chi connectivity index (χ1) is 9.20. The number of primary sulfonamides is 1. The monoisotopic (exact) mass is 339 g/mol. The quantitative estimate of drug-likeness (QED) is 0.853. The van der Waals surface area contributed by atoms with Crippen LogP contribution in [0.3, 0.4) is 0 Å². The minimum atomic E-state index is -3.87. The van der Waals surface area contributed by atoms with E-state index in [-0.39, 0.29) is 15.0 Å². The second-order valence-corrected chi connectivity index (χ2v) is 9.56. The van der Waals surface area contributed by atoms with E-state index in [4.69, 9.17) is 5.14 Å². The van der Waals surface area contributed by atoms with Crippen molar-refractivity contribution in [1.29, 1.82) is 0 Å². The van der Waals surface area contributed by atoms with E-state index in [2.05, 4.69) is 9.71 Å². The number of anilines is 1. The summed E-state index contributed by atoms with van der Waals surface area (Å²) in [6, 6.07) is 0. The van der Waals surface area contributed by atoms with E-state index in [1.165, 1.54) is 6.92 Å². The highest BCUT2D eigenvalue weighted by atomic mass is 32.2. The second-order valence-electron chi connectivity index (χ2n) is 4.84. The largest absolute Gasteiger partial charge is 0.258 e. The molecule has 0 amide bonds. The fourth-order valence-electron chi connectivity index (χ4n) is 2.27. The molecule has 1 aromatic heterocycles. The average molecular weight is 339 g/mol. The summed E-state index contributed by atoms with van der Waals surface area (Å²) in [4.78, 5) is 3.93. The van der Waals surface area contributed by atoms with Crippen molar-refractivity contribution < 1.29 is 16.8 Å². The number of hydrogen-bond donors (Lipinski definition) is 2. The number of nitrogens with two attached hydrogens (primary N) is 1. The van der Waals surface area contributed by atoms with Crippen LogP contribution in [0.25, 0.3) is 0 Å². The molecule has 10 heteroatoms. The molecule has 20 heavy (non-hydrogen) atoms. The Hall–Kier alpha value is -0.710. The number of aryl methyl sites for hydroxylation is 1. The minimum Gasteiger partial charge on any atom is -0.258 e. The number of nitrogens with one attached hydrogen (secondary N) is 1. The first kappa shape index (κ1) is 15.7. The molecule has 1 saturated carbocycles. The van der Waals surface area contributed by atoms with Crippen LogP contribution in [0.15, 0.2) is 4.21 Å². The van der Waals surface area contributed by atoms with Crippen LogP contribution in [-0.2, 0) is 20.0 Å². The van der Waals surface area contributed by atoms with E-state index in [1.807, 2.05) is 0 Å². The minimum absolute atomic E-state index is 0.0529. The Morgan fingerprint density at radius 2 is 1.80 bits per heavy atom. The Morgan fingerprint density at radius 1 is 1.20 bits per heavy atom. The van der Waals surface area contributed by atoms with Crippen LogP contribution in [0.2, 0.25) is 0 Å². The fraction of sp³-hybridized carbons (Fsp3) is 0.700. The van der Waals surface area contributed by atoms with Gasteiger partial charge in [-0.15, -0.1) is 0 Å². The van der Waals surface area contributed by atoms with Gasteiger partial charge in [0, 0.05) is 0 Å². The van der Waals surface area contributed by atoms with Crippen LogP contribution in [-0.4, -0.2) is 27.1 Å². The SMILES string of the molecule is Cc1nc(NS(=O)(=O)C2CCCCC2)sc1S(N)(=O)=O. The molecule has 2 rings (SSSR count). The van der Waals surface area contributed by atoms with Crippen LogP contribution in [0.1, 0.15) is 37.8 Å². The number of nitrogens with zero attached hydrogens (tertiary/aromatic N) is 1. The van der Waals surface area contributed by atoms with Gasteiger partial charge < -0.3 is 0 Å². The van der Waals surface area contributed by atoms with Gasteiger partial charge in [0.2, 0.25) is 20.0 Å². The molecule has 0 bridgehead atoms. The molecule has 0 saturated heterocycles. The summed E-state index contributed by atoms with van der Waals surface area (Å²) in [5.74, 6) is 0. The summed E-state index contributed by atoms with van der Waals surface area (Å²) in [7, 11) is -7.39. The number of sulfonamides is 2. The van der Waals surface area contributed by atoms with E-state index >= 15 is 0 Å². The van der Waals surface area contributed by atoms with Crippen molar-refractivity contribution in [3.63, 3.8) is 0 Å². The first-order valence-electron chi connectivity index (χ1n) is 6.22. The van der Waals surface area contributed by atoms with E-state index in [1.54, 1.807) is 0 Å². The van der Waals surface area contributed by atoms with Gasteiger partial charge in [-0.3, -0.25) is 4.72 Å². The molecule has 3 N–H and O–H groups in total. The molecule has 1 aromatic rings. The average Bonchev–Trinajstić information content (AvgIpc) is 2.70. The van der Waals surface area contributed by atoms with Gasteiger partial charge in [-0.05, 0) is 19.8 Å². The van der Waals surface area contributed by atoms with Crippen molar-refractivity contribution >= 4 is 36.5 Å². The summed E-state index contributed by atoms with van der Waals surface area (Å²) in [6.07, 6.45) is 4.09. The Labute approximate surface area is 122 Å². The maximum atomic E-state index is 12.2. The highest BCUT2D eigenvalue weighted by Gasteiger charge is 2.29. The second kappa shape index (κ2) is 5.58. The molecular weight excluding hydrogens is 322 g/mol. The van der Waals surface area contributed by atoms with E-state index in [0.29, 0.717) is 12.8 Å². The van der Waals surface area contributed by atoms with Crippen LogP contribution < -0.4 is 9.86 Å². The molecule has 1 fully saturated rings. The zero-order valence-electron chi connectivity index (χ0n) is 11.0. The smallest absolute Gasteiger partial charge is 0.249 e. The highest BCUT2D eigenvalue weighted by Crippen LogP contribution is 2.29. The summed E-state index contributed by atoms with van der Waals surface area (Å²) in [6.45, 7) is 1.48. The zero-order valence-corrected chi connectivity index (χ0v) is 13.4. The summed E-state index contributed by atoms with van der Waals surface area (Å²) in [5.41, 5.74) is 0.207. The third kappa shape index (κ3) is 3.48. The maximum Gasteiger partial charge on any atom is 0.249 e. The lowest BCUT2D eigenvalue weighted by molar-refractivity contribution is 0.486. The first-order valence-corrected chi connectivity index (χ1v) is 10.1. The highest BCUT2D eigenvalue weighted by molar-refractivity contribution is 7.93. The van der Waals surface area contributed by atoms with Crippen molar-refractivity contribution in [3.8, 4) is 0 Å². The molecule has 0 aliphatic heterocycles. The lowest BCUT2D eigenvalue weighted by atomic mass is 10.0. The summed E-state index contributed by atoms with van der Waals surface area (Å²) >= 11 is 0.743. The molecular formula is C10H17N3O4S3. The zero-order chi connectivity index (χ0) is 15.0. The number of aromatic nitrogens is 1. The fourth-order valence-corrected chi connectivity index (χ4v) is 5.91. The standard InChI is InChI=1S/C10H17N3O4S3/c1-7-9(19(11,14)15)18-10(12-7)13-20(16,17)8-5-3-2-4-6-8/h8H,2-6H2,1H3,(H,12,13)(H2,11,14,15). The molecule has 114 valence electrons. The van der Waals surface area contributed by atoms with Gasteiger partial charge in [-0.25, -0.2) is 27.0 Å². The maximum absolute atomic E-state index is 12.2. The van der Waals surface area contributed by atoms with Gasteiger partial charge in [-0.1, -0.05) is 30.6 Å². The van der Waals surface area contributed by atoms with Crippen molar-refractivity contribution in [1.82, 2.24) is 4.98 Å². The van der Waals surface area contributed by atoms with Crippen LogP contribution in [0, 0.1) is 6.92 Å². The predicted octanol–water partition coefficient (Wildman–Crippen LogP) is 1.17. The van der Waals surface area contributed by atoms with Crippen molar-refractivity contribution in [3.05, 3.63) is 5.69 Å². The molecule has 0 unspecified atom stereocenters. The third-order valence-electron chi connectivity index (χ3n) is 3.23.